The molecule has 8 nitrogen and oxygen atoms in total. The normalized spacial score (nSPS) is 15.6. The minimum atomic E-state index is -1.06. The quantitative estimate of drug-likeness (QED) is 0.232. The second-order valence-electron chi connectivity index (χ2n) is 10.1. The molecule has 204 valence electrons. The third-order valence-electron chi connectivity index (χ3n) is 6.89. The molecule has 4 aromatic rings. The van der Waals surface area contributed by atoms with Crippen LogP contribution in [0.3, 0.4) is 0 Å². The number of anilines is 1. The summed E-state index contributed by atoms with van der Waals surface area (Å²) < 4.78 is 35.1. The van der Waals surface area contributed by atoms with Crippen LogP contribution < -0.4 is 10.5 Å². The van der Waals surface area contributed by atoms with Crippen molar-refractivity contribution < 1.29 is 18.3 Å². The molecule has 2 aromatic heterocycles. The lowest BCUT2D eigenvalue weighted by molar-refractivity contribution is -0.127. The number of carbonyl (C=O) groups excluding carboxylic acids is 1. The molecule has 1 saturated heterocycles. The molecule has 5 rings (SSSR count). The number of halogens is 2. The monoisotopic (exact) mass is 542 g/mol. The molecule has 0 saturated carbocycles. The highest BCUT2D eigenvalue weighted by atomic mass is 19.2. The number of nitrogens with two attached hydrogens (primary N) is 1. The maximum Gasteiger partial charge on any atom is 0.264 e. The summed E-state index contributed by atoms with van der Waals surface area (Å²) in [6, 6.07) is 12.6. The fourth-order valence-electron chi connectivity index (χ4n) is 5.06. The van der Waals surface area contributed by atoms with Crippen molar-refractivity contribution in [2.75, 3.05) is 12.3 Å². The molecule has 3 heterocycles. The number of carbonyl (C=O) groups is 1. The molecule has 0 bridgehead atoms. The topological polar surface area (TPSA) is 110 Å². The lowest BCUT2D eigenvalue weighted by Gasteiger charge is -2.25. The second-order valence-corrected chi connectivity index (χ2v) is 10.1. The van der Waals surface area contributed by atoms with Crippen molar-refractivity contribution in [1.29, 1.82) is 5.26 Å². The number of nitrogens with zero attached hydrogens (tertiary/aromatic N) is 5. The van der Waals surface area contributed by atoms with Crippen molar-refractivity contribution in [2.24, 2.45) is 5.92 Å². The van der Waals surface area contributed by atoms with Crippen LogP contribution in [0.2, 0.25) is 0 Å². The maximum atomic E-state index is 14.0. The molecule has 1 aliphatic rings. The lowest BCUT2D eigenvalue weighted by Crippen LogP contribution is -2.38. The van der Waals surface area contributed by atoms with Crippen LogP contribution in [0.15, 0.2) is 66.6 Å². The molecule has 0 unspecified atom stereocenters. The van der Waals surface area contributed by atoms with Crippen LogP contribution in [-0.2, 0) is 11.3 Å². The van der Waals surface area contributed by atoms with Gasteiger partial charge in [-0.15, -0.1) is 0 Å². The molecule has 1 amide bonds. The van der Waals surface area contributed by atoms with E-state index in [0.29, 0.717) is 35.7 Å². The number of nitriles is 1. The summed E-state index contributed by atoms with van der Waals surface area (Å²) in [5.74, 6) is -1.77. The Morgan fingerprint density at radius 1 is 1.23 bits per heavy atom. The average molecular weight is 543 g/mol. The van der Waals surface area contributed by atoms with E-state index in [2.05, 4.69) is 16.0 Å². The van der Waals surface area contributed by atoms with Gasteiger partial charge in [-0.05, 0) is 48.6 Å². The molecule has 40 heavy (non-hydrogen) atoms. The van der Waals surface area contributed by atoms with E-state index in [1.807, 2.05) is 24.6 Å². The number of ether oxygens (including phenoxy) is 1. The van der Waals surface area contributed by atoms with E-state index >= 15 is 0 Å². The van der Waals surface area contributed by atoms with E-state index in [1.165, 1.54) is 18.5 Å². The number of hydrogen-bond acceptors (Lipinski definition) is 6. The zero-order chi connectivity index (χ0) is 28.4. The van der Waals surface area contributed by atoms with Crippen molar-refractivity contribution in [3.05, 3.63) is 78.3 Å². The van der Waals surface area contributed by atoms with Gasteiger partial charge in [-0.2, -0.15) is 9.65 Å². The SMILES string of the molecule is CC(C)/C=C(/C#N)C(=O)N1CCC[C@@H]1Cn1cc(-c2ccc(Oc3cccc(F)c3F)cc2)c2c(N)ncnc21. The van der Waals surface area contributed by atoms with Gasteiger partial charge in [-0.3, -0.25) is 4.79 Å². The Kier molecular flexibility index (Phi) is 7.47. The van der Waals surface area contributed by atoms with Gasteiger partial charge in [0.2, 0.25) is 5.82 Å². The Bertz CT molecular complexity index is 1640. The molecule has 2 N–H and O–H groups in total. The predicted octanol–water partition coefficient (Wildman–Crippen LogP) is 5.85. The Morgan fingerprint density at radius 2 is 2.00 bits per heavy atom. The number of amides is 1. The van der Waals surface area contributed by atoms with Crippen LogP contribution in [0.25, 0.3) is 22.2 Å². The molecule has 2 aromatic carbocycles. The van der Waals surface area contributed by atoms with Gasteiger partial charge >= 0.3 is 0 Å². The first kappa shape index (κ1) is 26.8. The summed E-state index contributed by atoms with van der Waals surface area (Å²) in [4.78, 5) is 23.6. The number of aromatic nitrogens is 3. The van der Waals surface area contributed by atoms with Crippen LogP contribution in [0.4, 0.5) is 14.6 Å². The summed E-state index contributed by atoms with van der Waals surface area (Å²) in [6.45, 7) is 4.92. The fourth-order valence-corrected chi connectivity index (χ4v) is 5.06. The first-order chi connectivity index (χ1) is 19.3. The first-order valence-corrected chi connectivity index (χ1v) is 13.0. The summed E-state index contributed by atoms with van der Waals surface area (Å²) in [5.41, 5.74) is 8.65. The Hall–Kier alpha value is -4.78. The molecular weight excluding hydrogens is 514 g/mol. The van der Waals surface area contributed by atoms with Gasteiger partial charge in [0, 0.05) is 24.8 Å². The smallest absolute Gasteiger partial charge is 0.264 e. The second kappa shape index (κ2) is 11.1. The van der Waals surface area contributed by atoms with E-state index < -0.39 is 11.6 Å². The van der Waals surface area contributed by atoms with Crippen LogP contribution in [0, 0.1) is 28.9 Å². The standard InChI is InChI=1S/C30H28F2N6O2/c1-18(2)13-20(14-33)30(39)38-12-4-5-21(38)15-37-16-23(26-28(34)35-17-36-29(26)37)19-8-10-22(11-9-19)40-25-7-3-6-24(31)27(25)32/h3,6-11,13,16-18,21H,4-5,12,15H2,1-2H3,(H2,34,35,36)/b20-13-/t21-/m1/s1. The zero-order valence-corrected chi connectivity index (χ0v) is 22.1. The fraction of sp³-hybridized carbons (Fsp3) is 0.267. The van der Waals surface area contributed by atoms with E-state index in [4.69, 9.17) is 10.5 Å². The van der Waals surface area contributed by atoms with Crippen molar-refractivity contribution in [2.45, 2.75) is 39.3 Å². The van der Waals surface area contributed by atoms with Gasteiger partial charge in [0.1, 0.15) is 35.2 Å². The van der Waals surface area contributed by atoms with Crippen molar-refractivity contribution in [1.82, 2.24) is 19.4 Å². The van der Waals surface area contributed by atoms with Gasteiger partial charge < -0.3 is 19.9 Å². The summed E-state index contributed by atoms with van der Waals surface area (Å²) >= 11 is 0. The maximum absolute atomic E-state index is 14.0. The average Bonchev–Trinajstić information content (AvgIpc) is 3.56. The molecule has 1 atom stereocenters. The van der Waals surface area contributed by atoms with Gasteiger partial charge in [0.05, 0.1) is 11.4 Å². The third kappa shape index (κ3) is 5.23. The van der Waals surface area contributed by atoms with E-state index in [9.17, 15) is 18.8 Å². The number of benzene rings is 2. The van der Waals surface area contributed by atoms with Crippen LogP contribution in [0.1, 0.15) is 26.7 Å². The number of likely N-dealkylation sites (tertiary alicyclic amines) is 1. The number of fused-ring (bicyclic) bond motifs is 1. The van der Waals surface area contributed by atoms with Crippen molar-refractivity contribution in [3.8, 4) is 28.7 Å². The molecule has 10 heteroatoms. The summed E-state index contributed by atoms with van der Waals surface area (Å²) in [5, 5.41) is 10.2. The first-order valence-electron chi connectivity index (χ1n) is 13.0. The Morgan fingerprint density at radius 3 is 2.73 bits per heavy atom. The van der Waals surface area contributed by atoms with Gasteiger partial charge in [0.25, 0.3) is 5.91 Å². The largest absolute Gasteiger partial charge is 0.454 e. The van der Waals surface area contributed by atoms with E-state index in [-0.39, 0.29) is 29.2 Å². The van der Waals surface area contributed by atoms with E-state index in [0.717, 1.165) is 30.0 Å². The third-order valence-corrected chi connectivity index (χ3v) is 6.89. The molecule has 0 spiro atoms. The molecular formula is C30H28F2N6O2. The van der Waals surface area contributed by atoms with Crippen LogP contribution in [-0.4, -0.2) is 37.9 Å². The van der Waals surface area contributed by atoms with Gasteiger partial charge in [0.15, 0.2) is 11.6 Å². The molecule has 1 fully saturated rings. The Labute approximate surface area is 230 Å². The summed E-state index contributed by atoms with van der Waals surface area (Å²) in [7, 11) is 0. The van der Waals surface area contributed by atoms with Crippen molar-refractivity contribution >= 4 is 22.8 Å². The Balaban J connectivity index is 1.44. The highest BCUT2D eigenvalue weighted by molar-refractivity contribution is 6.01. The minimum Gasteiger partial charge on any atom is -0.454 e. The van der Waals surface area contributed by atoms with Gasteiger partial charge in [-0.25, -0.2) is 14.4 Å². The van der Waals surface area contributed by atoms with Crippen LogP contribution >= 0.6 is 0 Å². The number of nitrogen functional groups attached to an aromatic ring is 1. The number of hydrogen-bond donors (Lipinski definition) is 1. The summed E-state index contributed by atoms with van der Waals surface area (Å²) in [6.07, 6.45) is 6.66. The van der Waals surface area contributed by atoms with Crippen molar-refractivity contribution in [3.63, 3.8) is 0 Å². The zero-order valence-electron chi connectivity index (χ0n) is 22.1. The number of allylic oxidation sites excluding steroid dienone is 1. The lowest BCUT2D eigenvalue weighted by atomic mass is 10.1. The highest BCUT2D eigenvalue weighted by Gasteiger charge is 2.31. The molecule has 0 radical (unpaired) electrons. The predicted molar refractivity (Wildman–Crippen MR) is 147 cm³/mol. The van der Waals surface area contributed by atoms with E-state index in [1.54, 1.807) is 35.2 Å². The highest BCUT2D eigenvalue weighted by Crippen LogP contribution is 2.35. The minimum absolute atomic E-state index is 0.0833. The molecule has 1 aliphatic heterocycles. The number of rotatable bonds is 7. The van der Waals surface area contributed by atoms with Gasteiger partial charge in [-0.1, -0.05) is 38.1 Å². The molecule has 0 aliphatic carbocycles. The van der Waals surface area contributed by atoms with Crippen LogP contribution in [0.5, 0.6) is 11.5 Å².